The number of nitrogens with zero attached hydrogens (tertiary/aromatic N) is 1. The van der Waals surface area contributed by atoms with E-state index in [1.165, 1.54) is 0 Å². The van der Waals surface area contributed by atoms with Gasteiger partial charge in [-0.1, -0.05) is 23.7 Å². The van der Waals surface area contributed by atoms with Gasteiger partial charge in [-0.25, -0.2) is 0 Å². The number of pyridine rings is 1. The lowest BCUT2D eigenvalue weighted by atomic mass is 9.90. The Bertz CT molecular complexity index is 610. The van der Waals surface area contributed by atoms with Gasteiger partial charge in [0.25, 0.3) is 0 Å². The zero-order chi connectivity index (χ0) is 14.0. The first-order valence-electron chi connectivity index (χ1n) is 6.53. The second-order valence-corrected chi connectivity index (χ2v) is 6.64. The van der Waals surface area contributed by atoms with Crippen LogP contribution in [0.3, 0.4) is 0 Å². The molecule has 1 aliphatic rings. The van der Waals surface area contributed by atoms with E-state index in [0.29, 0.717) is 13.2 Å². The Balaban J connectivity index is 1.75. The summed E-state index contributed by atoms with van der Waals surface area (Å²) in [4.78, 5) is 4.44. The Morgan fingerprint density at radius 2 is 2.20 bits per heavy atom. The third-order valence-corrected chi connectivity index (χ3v) is 5.29. The van der Waals surface area contributed by atoms with E-state index in [2.05, 4.69) is 4.98 Å². The quantitative estimate of drug-likeness (QED) is 0.921. The molecule has 2 heterocycles. The van der Waals surface area contributed by atoms with Crippen molar-refractivity contribution in [2.24, 2.45) is 5.41 Å². The molecule has 1 saturated heterocycles. The standard InChI is InChI=1S/C15H16ClNO2S/c16-13-4-3-11-2-1-5-17-14(11)12(13)6-20-10-15(7-18)8-19-9-15/h1-5,18H,6-10H2. The zero-order valence-electron chi connectivity index (χ0n) is 11.0. The van der Waals surface area contributed by atoms with Gasteiger partial charge in [-0.05, 0) is 12.1 Å². The molecule has 3 rings (SSSR count). The molecule has 1 N–H and O–H groups in total. The van der Waals surface area contributed by atoms with Crippen LogP contribution in [0.2, 0.25) is 5.02 Å². The van der Waals surface area contributed by atoms with Crippen LogP contribution in [0.15, 0.2) is 30.5 Å². The predicted molar refractivity (Wildman–Crippen MR) is 83.3 cm³/mol. The molecule has 1 fully saturated rings. The highest BCUT2D eigenvalue weighted by atomic mass is 35.5. The molecule has 1 aliphatic heterocycles. The molecule has 0 amide bonds. The van der Waals surface area contributed by atoms with Gasteiger partial charge in [-0.3, -0.25) is 4.98 Å². The summed E-state index contributed by atoms with van der Waals surface area (Å²) in [7, 11) is 0. The molecule has 0 radical (unpaired) electrons. The van der Waals surface area contributed by atoms with Crippen LogP contribution in [-0.4, -0.2) is 35.7 Å². The van der Waals surface area contributed by atoms with Crippen LogP contribution < -0.4 is 0 Å². The molecule has 0 saturated carbocycles. The van der Waals surface area contributed by atoms with Gasteiger partial charge in [0.05, 0.1) is 25.3 Å². The second-order valence-electron chi connectivity index (χ2n) is 5.24. The van der Waals surface area contributed by atoms with Gasteiger partial charge in [0.2, 0.25) is 0 Å². The van der Waals surface area contributed by atoms with Crippen LogP contribution in [0.1, 0.15) is 5.56 Å². The van der Waals surface area contributed by atoms with E-state index in [-0.39, 0.29) is 12.0 Å². The number of rotatable bonds is 5. The fourth-order valence-corrected chi connectivity index (χ4v) is 3.89. The molecule has 3 nitrogen and oxygen atoms in total. The molecular formula is C15H16ClNO2S. The Hall–Kier alpha value is -0.810. The Labute approximate surface area is 127 Å². The fraction of sp³-hybridized carbons (Fsp3) is 0.400. The van der Waals surface area contributed by atoms with E-state index in [1.807, 2.05) is 24.3 Å². The third-order valence-electron chi connectivity index (χ3n) is 3.63. The number of aliphatic hydroxyl groups is 1. The van der Waals surface area contributed by atoms with Gasteiger partial charge < -0.3 is 9.84 Å². The Kier molecular flexibility index (Phi) is 4.17. The number of hydrogen-bond acceptors (Lipinski definition) is 4. The fourth-order valence-electron chi connectivity index (χ4n) is 2.30. The van der Waals surface area contributed by atoms with E-state index >= 15 is 0 Å². The lowest BCUT2D eigenvalue weighted by molar-refractivity contribution is -0.121. The molecule has 20 heavy (non-hydrogen) atoms. The summed E-state index contributed by atoms with van der Waals surface area (Å²) in [5.41, 5.74) is 1.98. The number of halogens is 1. The van der Waals surface area contributed by atoms with Crippen LogP contribution in [0, 0.1) is 5.41 Å². The summed E-state index contributed by atoms with van der Waals surface area (Å²) >= 11 is 8.09. The highest BCUT2D eigenvalue weighted by molar-refractivity contribution is 7.98. The first-order valence-corrected chi connectivity index (χ1v) is 8.06. The average molecular weight is 310 g/mol. The Morgan fingerprint density at radius 3 is 2.90 bits per heavy atom. The monoisotopic (exact) mass is 309 g/mol. The van der Waals surface area contributed by atoms with Crippen LogP contribution in [0.4, 0.5) is 0 Å². The lowest BCUT2D eigenvalue weighted by Gasteiger charge is -2.39. The van der Waals surface area contributed by atoms with Crippen LogP contribution in [0.25, 0.3) is 10.9 Å². The summed E-state index contributed by atoms with van der Waals surface area (Å²) in [6.45, 7) is 1.48. The molecule has 5 heteroatoms. The van der Waals surface area contributed by atoms with E-state index in [9.17, 15) is 5.11 Å². The van der Waals surface area contributed by atoms with E-state index in [1.54, 1.807) is 18.0 Å². The average Bonchev–Trinajstić information content (AvgIpc) is 2.44. The largest absolute Gasteiger partial charge is 0.396 e. The maximum Gasteiger partial charge on any atom is 0.0757 e. The summed E-state index contributed by atoms with van der Waals surface area (Å²) in [6, 6.07) is 7.89. The second kappa shape index (κ2) is 5.90. The highest BCUT2D eigenvalue weighted by Crippen LogP contribution is 2.34. The smallest absolute Gasteiger partial charge is 0.0757 e. The molecule has 1 aromatic carbocycles. The number of thioether (sulfide) groups is 1. The van der Waals surface area contributed by atoms with Crippen molar-refractivity contribution in [2.75, 3.05) is 25.6 Å². The minimum atomic E-state index is -0.0604. The van der Waals surface area contributed by atoms with Crippen molar-refractivity contribution in [3.63, 3.8) is 0 Å². The molecule has 0 bridgehead atoms. The number of fused-ring (bicyclic) bond motifs is 1. The van der Waals surface area contributed by atoms with Crippen molar-refractivity contribution in [1.29, 1.82) is 0 Å². The van der Waals surface area contributed by atoms with Crippen molar-refractivity contribution in [1.82, 2.24) is 4.98 Å². The summed E-state index contributed by atoms with van der Waals surface area (Å²) in [5.74, 6) is 1.68. The van der Waals surface area contributed by atoms with E-state index in [0.717, 1.165) is 33.0 Å². The van der Waals surface area contributed by atoms with Gasteiger partial charge >= 0.3 is 0 Å². The minimum absolute atomic E-state index is 0.0604. The maximum atomic E-state index is 9.43. The molecule has 0 unspecified atom stereocenters. The van der Waals surface area contributed by atoms with Crippen LogP contribution in [-0.2, 0) is 10.5 Å². The minimum Gasteiger partial charge on any atom is -0.396 e. The molecule has 0 aliphatic carbocycles. The number of aromatic nitrogens is 1. The lowest BCUT2D eigenvalue weighted by Crippen LogP contribution is -2.47. The number of benzene rings is 1. The van der Waals surface area contributed by atoms with Gasteiger partial charge in [-0.2, -0.15) is 11.8 Å². The number of ether oxygens (including phenoxy) is 1. The van der Waals surface area contributed by atoms with Crippen molar-refractivity contribution in [2.45, 2.75) is 5.75 Å². The Morgan fingerprint density at radius 1 is 1.35 bits per heavy atom. The van der Waals surface area contributed by atoms with E-state index < -0.39 is 0 Å². The molecule has 0 atom stereocenters. The first kappa shape index (κ1) is 14.1. The van der Waals surface area contributed by atoms with Crippen molar-refractivity contribution in [3.05, 3.63) is 41.0 Å². The molecule has 2 aromatic rings. The predicted octanol–water partition coefficient (Wildman–Crippen LogP) is 3.13. The van der Waals surface area contributed by atoms with Gasteiger partial charge in [0.1, 0.15) is 0 Å². The number of aliphatic hydroxyl groups excluding tert-OH is 1. The van der Waals surface area contributed by atoms with Crippen LogP contribution in [0.5, 0.6) is 0 Å². The topological polar surface area (TPSA) is 42.4 Å². The summed E-state index contributed by atoms with van der Waals surface area (Å²) < 4.78 is 5.21. The molecular weight excluding hydrogens is 294 g/mol. The van der Waals surface area contributed by atoms with Crippen molar-refractivity contribution >= 4 is 34.3 Å². The summed E-state index contributed by atoms with van der Waals surface area (Å²) in [5, 5.41) is 11.3. The molecule has 1 aromatic heterocycles. The zero-order valence-corrected chi connectivity index (χ0v) is 12.6. The van der Waals surface area contributed by atoms with Crippen molar-refractivity contribution < 1.29 is 9.84 Å². The SMILES string of the molecule is OCC1(CSCc2c(Cl)ccc3cccnc23)COC1. The normalized spacial score (nSPS) is 17.1. The van der Waals surface area contributed by atoms with Gasteiger partial charge in [-0.15, -0.1) is 0 Å². The molecule has 106 valence electrons. The summed E-state index contributed by atoms with van der Waals surface area (Å²) in [6.07, 6.45) is 1.79. The van der Waals surface area contributed by atoms with Crippen molar-refractivity contribution in [3.8, 4) is 0 Å². The maximum absolute atomic E-state index is 9.43. The van der Waals surface area contributed by atoms with Gasteiger partial charge in [0.15, 0.2) is 0 Å². The van der Waals surface area contributed by atoms with Gasteiger partial charge in [0, 0.05) is 39.1 Å². The number of hydrogen-bond donors (Lipinski definition) is 1. The molecule has 0 spiro atoms. The first-order chi connectivity index (χ1) is 9.74. The van der Waals surface area contributed by atoms with E-state index in [4.69, 9.17) is 16.3 Å². The van der Waals surface area contributed by atoms with Crippen LogP contribution >= 0.6 is 23.4 Å². The third kappa shape index (κ3) is 2.66. The highest BCUT2D eigenvalue weighted by Gasteiger charge is 2.37.